The number of hydrogen-bond acceptors (Lipinski definition) is 5. The summed E-state index contributed by atoms with van der Waals surface area (Å²) in [5, 5.41) is 10.6. The molecule has 7 heteroatoms. The number of esters is 1. The van der Waals surface area contributed by atoms with Crippen molar-refractivity contribution in [1.29, 1.82) is 0 Å². The molecule has 0 aliphatic heterocycles. The van der Waals surface area contributed by atoms with Crippen LogP contribution in [-0.4, -0.2) is 24.3 Å². The van der Waals surface area contributed by atoms with Gasteiger partial charge in [0.25, 0.3) is 5.69 Å². The third kappa shape index (κ3) is 2.01. The Morgan fingerprint density at radius 1 is 1.56 bits per heavy atom. The quantitative estimate of drug-likeness (QED) is 0.350. The Bertz CT molecular complexity index is 471. The summed E-state index contributed by atoms with van der Waals surface area (Å²) in [5.41, 5.74) is -1.20. The van der Waals surface area contributed by atoms with Crippen molar-refractivity contribution >= 4 is 29.5 Å². The van der Waals surface area contributed by atoms with Gasteiger partial charge in [0.1, 0.15) is 5.56 Å². The van der Waals surface area contributed by atoms with Crippen molar-refractivity contribution in [3.8, 4) is 0 Å². The summed E-state index contributed by atoms with van der Waals surface area (Å²) in [5.74, 6) is -0.976. The summed E-state index contributed by atoms with van der Waals surface area (Å²) in [6.45, 7) is 0. The fraction of sp³-hybridized carbons (Fsp3) is 0.111. The molecule has 84 valence electrons. The highest BCUT2D eigenvalue weighted by Crippen LogP contribution is 2.27. The number of benzene rings is 1. The average Bonchev–Trinajstić information content (AvgIpc) is 2.27. The zero-order chi connectivity index (χ0) is 12.3. The molecular formula is C9H6ClNO5. The minimum absolute atomic E-state index is 0.0407. The SMILES string of the molecule is COC(=O)c1c([N+](=O)[O-])ccc(Cl)c1C=O. The Kier molecular flexibility index (Phi) is 3.57. The van der Waals surface area contributed by atoms with Crippen molar-refractivity contribution in [2.24, 2.45) is 0 Å². The van der Waals surface area contributed by atoms with E-state index in [1.807, 2.05) is 0 Å². The molecule has 1 aromatic rings. The number of nitro benzene ring substituents is 1. The van der Waals surface area contributed by atoms with Crippen LogP contribution < -0.4 is 0 Å². The molecule has 0 heterocycles. The minimum atomic E-state index is -0.976. The molecule has 0 fully saturated rings. The summed E-state index contributed by atoms with van der Waals surface area (Å²) in [4.78, 5) is 31.9. The Morgan fingerprint density at radius 2 is 2.19 bits per heavy atom. The fourth-order valence-electron chi connectivity index (χ4n) is 1.17. The van der Waals surface area contributed by atoms with Crippen LogP contribution in [0.1, 0.15) is 20.7 Å². The number of ether oxygens (including phenoxy) is 1. The molecule has 0 spiro atoms. The number of hydrogen-bond donors (Lipinski definition) is 0. The van der Waals surface area contributed by atoms with E-state index in [0.717, 1.165) is 13.2 Å². The molecule has 0 bridgehead atoms. The van der Waals surface area contributed by atoms with Gasteiger partial charge in [-0.2, -0.15) is 0 Å². The molecule has 0 aromatic heterocycles. The lowest BCUT2D eigenvalue weighted by Gasteiger charge is -2.05. The Hall–Kier alpha value is -1.95. The summed E-state index contributed by atoms with van der Waals surface area (Å²) in [6.07, 6.45) is 0.279. The first kappa shape index (κ1) is 12.1. The number of carbonyl (C=O) groups is 2. The standard InChI is InChI=1S/C9H6ClNO5/c1-16-9(13)8-5(4-12)6(10)2-3-7(8)11(14)15/h2-4H,1H3. The molecule has 0 aliphatic rings. The Balaban J connectivity index is 3.59. The average molecular weight is 244 g/mol. The number of nitro groups is 1. The fourth-order valence-corrected chi connectivity index (χ4v) is 1.37. The Morgan fingerprint density at radius 3 is 2.62 bits per heavy atom. The van der Waals surface area contributed by atoms with E-state index in [1.54, 1.807) is 0 Å². The second-order valence-electron chi connectivity index (χ2n) is 2.72. The first-order valence-corrected chi connectivity index (χ1v) is 4.41. The van der Waals surface area contributed by atoms with E-state index in [1.165, 1.54) is 6.07 Å². The van der Waals surface area contributed by atoms with Crippen LogP contribution in [0.2, 0.25) is 5.02 Å². The molecule has 0 radical (unpaired) electrons. The van der Waals surface area contributed by atoms with Gasteiger partial charge in [0.2, 0.25) is 0 Å². The van der Waals surface area contributed by atoms with E-state index in [4.69, 9.17) is 11.6 Å². The number of halogens is 1. The van der Waals surface area contributed by atoms with Crippen molar-refractivity contribution in [2.75, 3.05) is 7.11 Å². The van der Waals surface area contributed by atoms with Gasteiger partial charge in [0.05, 0.1) is 22.6 Å². The number of nitrogens with zero attached hydrogens (tertiary/aromatic N) is 1. The molecule has 0 amide bonds. The van der Waals surface area contributed by atoms with Gasteiger partial charge in [-0.1, -0.05) is 11.6 Å². The third-order valence-electron chi connectivity index (χ3n) is 1.87. The van der Waals surface area contributed by atoms with Crippen LogP contribution in [0.25, 0.3) is 0 Å². The van der Waals surface area contributed by atoms with Gasteiger partial charge in [-0.15, -0.1) is 0 Å². The monoisotopic (exact) mass is 243 g/mol. The molecule has 1 rings (SSSR count). The summed E-state index contributed by atoms with van der Waals surface area (Å²) >= 11 is 5.65. The summed E-state index contributed by atoms with van der Waals surface area (Å²) in [6, 6.07) is 2.22. The van der Waals surface area contributed by atoms with Crippen molar-refractivity contribution < 1.29 is 19.2 Å². The number of methoxy groups -OCH3 is 1. The Labute approximate surface area is 94.9 Å². The zero-order valence-corrected chi connectivity index (χ0v) is 8.85. The largest absolute Gasteiger partial charge is 0.465 e. The molecule has 0 saturated carbocycles. The van der Waals surface area contributed by atoms with E-state index < -0.39 is 22.1 Å². The highest BCUT2D eigenvalue weighted by atomic mass is 35.5. The van der Waals surface area contributed by atoms with E-state index in [2.05, 4.69) is 4.74 Å². The molecule has 6 nitrogen and oxygen atoms in total. The van der Waals surface area contributed by atoms with E-state index in [-0.39, 0.29) is 16.9 Å². The second-order valence-corrected chi connectivity index (χ2v) is 3.13. The normalized spacial score (nSPS) is 9.62. The first-order valence-electron chi connectivity index (χ1n) is 4.03. The van der Waals surface area contributed by atoms with Crippen LogP contribution in [0.5, 0.6) is 0 Å². The number of carbonyl (C=O) groups excluding carboxylic acids is 2. The minimum Gasteiger partial charge on any atom is -0.465 e. The predicted molar refractivity (Wildman–Crippen MR) is 54.8 cm³/mol. The summed E-state index contributed by atoms with van der Waals surface area (Å²) < 4.78 is 4.36. The van der Waals surface area contributed by atoms with E-state index in [0.29, 0.717) is 0 Å². The molecule has 1 aromatic carbocycles. The maximum Gasteiger partial charge on any atom is 0.345 e. The van der Waals surface area contributed by atoms with Gasteiger partial charge in [0.15, 0.2) is 6.29 Å². The van der Waals surface area contributed by atoms with Crippen molar-refractivity contribution in [3.05, 3.63) is 38.4 Å². The van der Waals surface area contributed by atoms with Crippen LogP contribution in [-0.2, 0) is 4.74 Å². The zero-order valence-electron chi connectivity index (χ0n) is 8.10. The number of rotatable bonds is 3. The molecule has 0 N–H and O–H groups in total. The number of aldehydes is 1. The molecule has 0 atom stereocenters. The van der Waals surface area contributed by atoms with Crippen LogP contribution in [0.15, 0.2) is 12.1 Å². The van der Waals surface area contributed by atoms with Gasteiger partial charge < -0.3 is 4.74 Å². The highest BCUT2D eigenvalue weighted by Gasteiger charge is 2.26. The maximum absolute atomic E-state index is 11.3. The lowest BCUT2D eigenvalue weighted by Crippen LogP contribution is -2.09. The smallest absolute Gasteiger partial charge is 0.345 e. The first-order chi connectivity index (χ1) is 7.52. The van der Waals surface area contributed by atoms with Gasteiger partial charge in [-0.3, -0.25) is 14.9 Å². The predicted octanol–water partition coefficient (Wildman–Crippen LogP) is 1.85. The topological polar surface area (TPSA) is 86.5 Å². The van der Waals surface area contributed by atoms with Gasteiger partial charge in [-0.05, 0) is 6.07 Å². The van der Waals surface area contributed by atoms with Crippen LogP contribution in [0.4, 0.5) is 5.69 Å². The van der Waals surface area contributed by atoms with E-state index in [9.17, 15) is 19.7 Å². The van der Waals surface area contributed by atoms with Crippen LogP contribution >= 0.6 is 11.6 Å². The molecular weight excluding hydrogens is 238 g/mol. The lowest BCUT2D eigenvalue weighted by atomic mass is 10.1. The molecule has 16 heavy (non-hydrogen) atoms. The van der Waals surface area contributed by atoms with Crippen molar-refractivity contribution in [1.82, 2.24) is 0 Å². The van der Waals surface area contributed by atoms with Gasteiger partial charge >= 0.3 is 5.97 Å². The van der Waals surface area contributed by atoms with Crippen LogP contribution in [0.3, 0.4) is 0 Å². The van der Waals surface area contributed by atoms with Crippen molar-refractivity contribution in [2.45, 2.75) is 0 Å². The maximum atomic E-state index is 11.3. The van der Waals surface area contributed by atoms with Gasteiger partial charge in [-0.25, -0.2) is 4.79 Å². The summed E-state index contributed by atoms with van der Waals surface area (Å²) in [7, 11) is 1.06. The molecule has 0 unspecified atom stereocenters. The van der Waals surface area contributed by atoms with Gasteiger partial charge in [0, 0.05) is 6.07 Å². The third-order valence-corrected chi connectivity index (χ3v) is 2.20. The second kappa shape index (κ2) is 4.71. The van der Waals surface area contributed by atoms with Crippen LogP contribution in [0, 0.1) is 10.1 Å². The lowest BCUT2D eigenvalue weighted by molar-refractivity contribution is -0.385. The van der Waals surface area contributed by atoms with Crippen molar-refractivity contribution in [3.63, 3.8) is 0 Å². The highest BCUT2D eigenvalue weighted by molar-refractivity contribution is 6.34. The van der Waals surface area contributed by atoms with E-state index >= 15 is 0 Å². The molecule has 0 saturated heterocycles. The molecule has 0 aliphatic carbocycles.